The van der Waals surface area contributed by atoms with Crippen LogP contribution in [-0.2, 0) is 4.74 Å². The Bertz CT molecular complexity index is 710. The minimum Gasteiger partial charge on any atom is -0.477 e. The molecule has 1 aromatic heterocycles. The zero-order valence-corrected chi connectivity index (χ0v) is 17.6. The summed E-state index contributed by atoms with van der Waals surface area (Å²) in [5.74, 6) is 2.13. The second-order valence-corrected chi connectivity index (χ2v) is 9.17. The molecule has 0 spiro atoms. The van der Waals surface area contributed by atoms with Crippen LogP contribution in [0.4, 0.5) is 4.79 Å². The third kappa shape index (κ3) is 6.31. The van der Waals surface area contributed by atoms with Gasteiger partial charge in [-0.15, -0.1) is 0 Å². The number of morpholine rings is 1. The summed E-state index contributed by atoms with van der Waals surface area (Å²) >= 11 is 0. The summed E-state index contributed by atoms with van der Waals surface area (Å²) in [5.41, 5.74) is 0.776. The Hall–Kier alpha value is -1.86. The van der Waals surface area contributed by atoms with Gasteiger partial charge in [-0.2, -0.15) is 4.98 Å². The molecule has 0 atom stereocenters. The van der Waals surface area contributed by atoms with Crippen LogP contribution in [0.1, 0.15) is 57.4 Å². The Morgan fingerprint density at radius 2 is 2.00 bits per heavy atom. The molecule has 29 heavy (non-hydrogen) atoms. The fourth-order valence-corrected chi connectivity index (χ4v) is 3.51. The van der Waals surface area contributed by atoms with Gasteiger partial charge in [0.1, 0.15) is 0 Å². The number of nitrogens with one attached hydrogen (secondary N) is 1. The van der Waals surface area contributed by atoms with Crippen molar-refractivity contribution in [3.63, 3.8) is 0 Å². The maximum Gasteiger partial charge on any atom is 0.414 e. The third-order valence-corrected chi connectivity index (χ3v) is 5.83. The molecule has 1 amide bonds. The summed E-state index contributed by atoms with van der Waals surface area (Å²) < 4.78 is 16.8. The van der Waals surface area contributed by atoms with Crippen LogP contribution in [0.3, 0.4) is 0 Å². The van der Waals surface area contributed by atoms with Gasteiger partial charge in [-0.3, -0.25) is 4.90 Å². The van der Waals surface area contributed by atoms with Crippen LogP contribution in [0.2, 0.25) is 0 Å². The molecule has 3 fully saturated rings. The summed E-state index contributed by atoms with van der Waals surface area (Å²) in [6.07, 6.45) is 5.19. The number of nitrogens with zero attached hydrogens (tertiary/aromatic N) is 2. The summed E-state index contributed by atoms with van der Waals surface area (Å²) in [4.78, 5) is 19.3. The van der Waals surface area contributed by atoms with Crippen LogP contribution in [0.15, 0.2) is 12.1 Å². The van der Waals surface area contributed by atoms with Gasteiger partial charge in [0.25, 0.3) is 0 Å². The third-order valence-electron chi connectivity index (χ3n) is 5.83. The molecule has 1 N–H and O–H groups in total. The summed E-state index contributed by atoms with van der Waals surface area (Å²) in [7, 11) is 0. The van der Waals surface area contributed by atoms with Crippen molar-refractivity contribution in [1.82, 2.24) is 15.2 Å². The predicted molar refractivity (Wildman–Crippen MR) is 110 cm³/mol. The number of aromatic nitrogens is 1. The van der Waals surface area contributed by atoms with Gasteiger partial charge in [-0.25, -0.2) is 4.79 Å². The first kappa shape index (κ1) is 20.4. The van der Waals surface area contributed by atoms with Gasteiger partial charge in [0, 0.05) is 36.8 Å². The van der Waals surface area contributed by atoms with Crippen molar-refractivity contribution in [3.05, 3.63) is 17.7 Å². The van der Waals surface area contributed by atoms with Gasteiger partial charge < -0.3 is 19.5 Å². The predicted octanol–water partition coefficient (Wildman–Crippen LogP) is 3.34. The molecule has 160 valence electrons. The highest BCUT2D eigenvalue weighted by atomic mass is 16.6. The van der Waals surface area contributed by atoms with E-state index in [1.807, 2.05) is 19.9 Å². The van der Waals surface area contributed by atoms with Crippen molar-refractivity contribution in [1.29, 1.82) is 0 Å². The molecule has 2 aliphatic carbocycles. The van der Waals surface area contributed by atoms with Gasteiger partial charge in [0.2, 0.25) is 11.8 Å². The van der Waals surface area contributed by atoms with Crippen LogP contribution in [0, 0.1) is 5.92 Å². The van der Waals surface area contributed by atoms with E-state index < -0.39 is 6.09 Å². The number of rotatable bonds is 9. The molecule has 7 heteroatoms. The van der Waals surface area contributed by atoms with Gasteiger partial charge in [-0.1, -0.05) is 0 Å². The molecular formula is C22H33N3O4. The molecular weight excluding hydrogens is 370 g/mol. The van der Waals surface area contributed by atoms with E-state index in [1.54, 1.807) is 6.07 Å². The fraction of sp³-hybridized carbons (Fsp3) is 0.727. The summed E-state index contributed by atoms with van der Waals surface area (Å²) in [6, 6.07) is 3.77. The number of hydrogen-bond acceptors (Lipinski definition) is 6. The second kappa shape index (κ2) is 8.88. The largest absolute Gasteiger partial charge is 0.477 e. The molecule has 3 aliphatic rings. The maximum absolute atomic E-state index is 12.4. The minimum absolute atomic E-state index is 0.293. The Labute approximate surface area is 173 Å². The van der Waals surface area contributed by atoms with Crippen LogP contribution in [-0.4, -0.2) is 61.0 Å². The number of ether oxygens (including phenoxy) is 3. The van der Waals surface area contributed by atoms with Crippen molar-refractivity contribution in [2.24, 2.45) is 5.92 Å². The zero-order valence-electron chi connectivity index (χ0n) is 17.6. The van der Waals surface area contributed by atoms with Gasteiger partial charge in [0.15, 0.2) is 0 Å². The van der Waals surface area contributed by atoms with Crippen LogP contribution < -0.4 is 14.8 Å². The number of amides is 1. The second-order valence-electron chi connectivity index (χ2n) is 9.17. The van der Waals surface area contributed by atoms with E-state index in [1.165, 1.54) is 25.7 Å². The van der Waals surface area contributed by atoms with Crippen molar-refractivity contribution >= 4 is 6.09 Å². The first-order valence-electron chi connectivity index (χ1n) is 10.9. The smallest absolute Gasteiger partial charge is 0.414 e. The van der Waals surface area contributed by atoms with E-state index in [0.29, 0.717) is 30.2 Å². The lowest BCUT2D eigenvalue weighted by atomic mass is 10.0. The van der Waals surface area contributed by atoms with Crippen molar-refractivity contribution < 1.29 is 19.0 Å². The van der Waals surface area contributed by atoms with E-state index in [0.717, 1.165) is 44.8 Å². The average Bonchev–Trinajstić information content (AvgIpc) is 3.59. The molecule has 1 aromatic rings. The monoisotopic (exact) mass is 403 g/mol. The molecule has 4 rings (SSSR count). The van der Waals surface area contributed by atoms with E-state index in [2.05, 4.69) is 15.2 Å². The highest BCUT2D eigenvalue weighted by Crippen LogP contribution is 2.44. The molecule has 1 saturated heterocycles. The first-order chi connectivity index (χ1) is 14.0. The summed E-state index contributed by atoms with van der Waals surface area (Å²) in [5, 5.41) is 2.97. The standard InChI is InChI=1S/C22H33N3O4/c1-22(2,9-10-25-11-13-27-14-12-25)24-21(26)29-19-8-7-18(17-5-6-17)20(23-19)28-15-16-3-4-16/h7-8,16-17H,3-6,9-15H2,1-2H3,(H,24,26). The van der Waals surface area contributed by atoms with Gasteiger partial charge in [0.05, 0.1) is 19.8 Å². The molecule has 0 bridgehead atoms. The lowest BCUT2D eigenvalue weighted by Crippen LogP contribution is -2.48. The van der Waals surface area contributed by atoms with Gasteiger partial charge in [-0.05, 0) is 63.9 Å². The highest BCUT2D eigenvalue weighted by Gasteiger charge is 2.30. The van der Waals surface area contributed by atoms with Crippen LogP contribution in [0.5, 0.6) is 11.8 Å². The molecule has 2 heterocycles. The number of carbonyl (C=O) groups is 1. The quantitative estimate of drug-likeness (QED) is 0.682. The number of hydrogen-bond donors (Lipinski definition) is 1. The number of carbonyl (C=O) groups excluding carboxylic acids is 1. The fourth-order valence-electron chi connectivity index (χ4n) is 3.51. The van der Waals surface area contributed by atoms with E-state index in [4.69, 9.17) is 14.2 Å². The van der Waals surface area contributed by atoms with E-state index in [-0.39, 0.29) is 5.54 Å². The van der Waals surface area contributed by atoms with Crippen molar-refractivity contribution in [2.45, 2.75) is 57.4 Å². The average molecular weight is 404 g/mol. The minimum atomic E-state index is -0.475. The zero-order chi connectivity index (χ0) is 20.3. The lowest BCUT2D eigenvalue weighted by Gasteiger charge is -2.31. The number of pyridine rings is 1. The summed E-state index contributed by atoms with van der Waals surface area (Å²) in [6.45, 7) is 9.11. The van der Waals surface area contributed by atoms with Crippen LogP contribution in [0.25, 0.3) is 0 Å². The van der Waals surface area contributed by atoms with E-state index >= 15 is 0 Å². The normalized spacial score (nSPS) is 20.3. The van der Waals surface area contributed by atoms with E-state index in [9.17, 15) is 4.79 Å². The Morgan fingerprint density at radius 3 is 2.69 bits per heavy atom. The van der Waals surface area contributed by atoms with Crippen molar-refractivity contribution in [2.75, 3.05) is 39.5 Å². The lowest BCUT2D eigenvalue weighted by molar-refractivity contribution is 0.0344. The molecule has 0 aromatic carbocycles. The first-order valence-corrected chi connectivity index (χ1v) is 10.9. The highest BCUT2D eigenvalue weighted by molar-refractivity contribution is 5.70. The molecule has 0 unspecified atom stereocenters. The van der Waals surface area contributed by atoms with Gasteiger partial charge >= 0.3 is 6.09 Å². The Kier molecular flexibility index (Phi) is 6.25. The topological polar surface area (TPSA) is 72.9 Å². The maximum atomic E-state index is 12.4. The Balaban J connectivity index is 1.30. The molecule has 2 saturated carbocycles. The molecule has 1 aliphatic heterocycles. The van der Waals surface area contributed by atoms with Crippen LogP contribution >= 0.6 is 0 Å². The van der Waals surface area contributed by atoms with Crippen molar-refractivity contribution in [3.8, 4) is 11.8 Å². The molecule has 0 radical (unpaired) electrons. The SMILES string of the molecule is CC(C)(CCN1CCOCC1)NC(=O)Oc1ccc(C2CC2)c(OCC2CC2)n1. The molecule has 7 nitrogen and oxygen atoms in total. The Morgan fingerprint density at radius 1 is 1.24 bits per heavy atom.